The van der Waals surface area contributed by atoms with Gasteiger partial charge < -0.3 is 0 Å². The first-order valence-electron chi connectivity index (χ1n) is 6.63. The zero-order valence-electron chi connectivity index (χ0n) is 11.9. The van der Waals surface area contributed by atoms with Gasteiger partial charge in [-0.2, -0.15) is 4.58 Å². The number of rotatable bonds is 2. The van der Waals surface area contributed by atoms with E-state index in [0.717, 1.165) is 0 Å². The lowest BCUT2D eigenvalue weighted by Gasteiger charge is -2.20. The van der Waals surface area contributed by atoms with E-state index in [0.29, 0.717) is 12.0 Å². The van der Waals surface area contributed by atoms with Crippen LogP contribution in [-0.4, -0.2) is 16.3 Å². The second-order valence-corrected chi connectivity index (χ2v) is 6.15. The van der Waals surface area contributed by atoms with Crippen LogP contribution in [0.5, 0.6) is 0 Å². The highest BCUT2D eigenvalue weighted by Gasteiger charge is 2.47. The summed E-state index contributed by atoms with van der Waals surface area (Å²) in [4.78, 5) is 0. The number of para-hydroxylation sites is 1. The highest BCUT2D eigenvalue weighted by Crippen LogP contribution is 2.42. The topological polar surface area (TPSA) is 3.01 Å². The molecule has 0 saturated heterocycles. The largest absolute Gasteiger partial charge is 0.209 e. The van der Waals surface area contributed by atoms with E-state index in [4.69, 9.17) is 0 Å². The van der Waals surface area contributed by atoms with Gasteiger partial charge in [0.15, 0.2) is 11.8 Å². The summed E-state index contributed by atoms with van der Waals surface area (Å²) < 4.78 is 2.53. The third-order valence-electron chi connectivity index (χ3n) is 3.80. The van der Waals surface area contributed by atoms with E-state index >= 15 is 0 Å². The van der Waals surface area contributed by atoms with E-state index < -0.39 is 0 Å². The van der Waals surface area contributed by atoms with Gasteiger partial charge in [0.2, 0.25) is 5.69 Å². The van der Waals surface area contributed by atoms with Crippen molar-refractivity contribution in [3.63, 3.8) is 0 Å². The summed E-state index contributed by atoms with van der Waals surface area (Å²) >= 11 is 0. The molecule has 0 saturated carbocycles. The normalized spacial score (nSPS) is 18.1. The summed E-state index contributed by atoms with van der Waals surface area (Å²) in [6.07, 6.45) is 0. The van der Waals surface area contributed by atoms with Crippen molar-refractivity contribution < 1.29 is 4.58 Å². The summed E-state index contributed by atoms with van der Waals surface area (Å²) in [5.74, 6) is 0.583. The molecule has 1 aromatic carbocycles. The van der Waals surface area contributed by atoms with Gasteiger partial charge in [-0.1, -0.05) is 32.0 Å². The van der Waals surface area contributed by atoms with Gasteiger partial charge in [0.25, 0.3) is 0 Å². The molecule has 0 aromatic heterocycles. The first-order chi connectivity index (χ1) is 7.87. The van der Waals surface area contributed by atoms with Crippen LogP contribution in [0.1, 0.15) is 47.1 Å². The molecular weight excluding hydrogens is 206 g/mol. The molecule has 1 aromatic rings. The van der Waals surface area contributed by atoms with E-state index in [2.05, 4.69) is 70.4 Å². The number of nitrogens with zero attached hydrogens (tertiary/aromatic N) is 1. The summed E-state index contributed by atoms with van der Waals surface area (Å²) in [5.41, 5.74) is 4.58. The van der Waals surface area contributed by atoms with Crippen LogP contribution in [0.2, 0.25) is 0 Å². The molecule has 1 aliphatic rings. The Balaban J connectivity index is 2.74. The molecule has 0 N–H and O–H groups in total. The molecule has 0 fully saturated rings. The quantitative estimate of drug-likeness (QED) is 0.672. The minimum atomic E-state index is 0.162. The lowest BCUT2D eigenvalue weighted by atomic mass is 9.77. The van der Waals surface area contributed by atoms with Crippen LogP contribution in [0.3, 0.4) is 0 Å². The predicted octanol–water partition coefficient (Wildman–Crippen LogP) is 4.13. The van der Waals surface area contributed by atoms with Gasteiger partial charge >= 0.3 is 0 Å². The molecule has 0 atom stereocenters. The zero-order chi connectivity index (χ0) is 12.8. The third-order valence-corrected chi connectivity index (χ3v) is 3.80. The minimum Gasteiger partial charge on any atom is -0.196 e. The standard InChI is InChI=1S/C16H24N/c1-11(2)15-16(5,6)13-9-7-8-10-14(13)17(15)12(3)4/h7-12H,1-6H3/q+1. The minimum absolute atomic E-state index is 0.162. The number of benzene rings is 1. The van der Waals surface area contributed by atoms with E-state index in [1.54, 1.807) is 5.71 Å². The number of hydrogen-bond donors (Lipinski definition) is 0. The van der Waals surface area contributed by atoms with Gasteiger partial charge in [-0.15, -0.1) is 0 Å². The van der Waals surface area contributed by atoms with Crippen LogP contribution >= 0.6 is 0 Å². The lowest BCUT2D eigenvalue weighted by Crippen LogP contribution is -2.35. The van der Waals surface area contributed by atoms with Crippen LogP contribution < -0.4 is 0 Å². The second kappa shape index (κ2) is 3.97. The van der Waals surface area contributed by atoms with Crippen LogP contribution in [0.15, 0.2) is 24.3 Å². The van der Waals surface area contributed by atoms with Gasteiger partial charge in [-0.25, -0.2) is 0 Å². The molecule has 0 spiro atoms. The Morgan fingerprint density at radius 3 is 2.12 bits per heavy atom. The Labute approximate surface area is 105 Å². The molecule has 0 aliphatic carbocycles. The van der Waals surface area contributed by atoms with Crippen molar-refractivity contribution in [2.45, 2.75) is 53.0 Å². The monoisotopic (exact) mass is 230 g/mol. The average Bonchev–Trinajstić information content (AvgIpc) is 2.48. The van der Waals surface area contributed by atoms with Crippen LogP contribution in [0.4, 0.5) is 5.69 Å². The summed E-state index contributed by atoms with van der Waals surface area (Å²) in [7, 11) is 0. The Morgan fingerprint density at radius 2 is 1.59 bits per heavy atom. The molecule has 0 radical (unpaired) electrons. The average molecular weight is 230 g/mol. The highest BCUT2D eigenvalue weighted by molar-refractivity contribution is 5.96. The Kier molecular flexibility index (Phi) is 2.89. The Hall–Kier alpha value is -1.11. The number of fused-ring (bicyclic) bond motifs is 1. The van der Waals surface area contributed by atoms with E-state index in [1.807, 2.05) is 0 Å². The van der Waals surface area contributed by atoms with Gasteiger partial charge in [-0.3, -0.25) is 0 Å². The first-order valence-corrected chi connectivity index (χ1v) is 6.63. The highest BCUT2D eigenvalue weighted by atomic mass is 15.1. The van der Waals surface area contributed by atoms with Gasteiger partial charge in [-0.05, 0) is 27.7 Å². The van der Waals surface area contributed by atoms with Crippen molar-refractivity contribution in [2.24, 2.45) is 5.92 Å². The summed E-state index contributed by atoms with van der Waals surface area (Å²) in [6, 6.07) is 9.36. The fourth-order valence-corrected chi connectivity index (χ4v) is 3.34. The molecule has 92 valence electrons. The lowest BCUT2D eigenvalue weighted by molar-refractivity contribution is -0.476. The molecule has 0 unspecified atom stereocenters. The van der Waals surface area contributed by atoms with Gasteiger partial charge in [0, 0.05) is 17.5 Å². The summed E-state index contributed by atoms with van der Waals surface area (Å²) in [5, 5.41) is 0. The maximum atomic E-state index is 2.53. The first kappa shape index (κ1) is 12.3. The van der Waals surface area contributed by atoms with E-state index in [9.17, 15) is 0 Å². The fourth-order valence-electron chi connectivity index (χ4n) is 3.34. The van der Waals surface area contributed by atoms with Crippen molar-refractivity contribution in [3.05, 3.63) is 29.8 Å². The molecular formula is C16H24N+. The zero-order valence-corrected chi connectivity index (χ0v) is 11.9. The maximum Gasteiger partial charge on any atom is 0.209 e. The molecule has 1 nitrogen and oxygen atoms in total. The van der Waals surface area contributed by atoms with Crippen molar-refractivity contribution in [1.82, 2.24) is 0 Å². The molecule has 2 rings (SSSR count). The van der Waals surface area contributed by atoms with Crippen LogP contribution in [0.25, 0.3) is 0 Å². The molecule has 1 heteroatoms. The van der Waals surface area contributed by atoms with Crippen LogP contribution in [0, 0.1) is 5.92 Å². The van der Waals surface area contributed by atoms with Crippen molar-refractivity contribution in [3.8, 4) is 0 Å². The SMILES string of the molecule is CC(C)C1=[N+](C(C)C)c2ccccc2C1(C)C. The molecule has 17 heavy (non-hydrogen) atoms. The van der Waals surface area contributed by atoms with Gasteiger partial charge in [0.05, 0.1) is 5.41 Å². The predicted molar refractivity (Wildman–Crippen MR) is 74.4 cm³/mol. The molecule has 0 bridgehead atoms. The van der Waals surface area contributed by atoms with E-state index in [1.165, 1.54) is 11.3 Å². The smallest absolute Gasteiger partial charge is 0.196 e. The van der Waals surface area contributed by atoms with Gasteiger partial charge in [0.1, 0.15) is 0 Å². The van der Waals surface area contributed by atoms with Crippen molar-refractivity contribution in [1.29, 1.82) is 0 Å². The number of hydrogen-bond acceptors (Lipinski definition) is 0. The van der Waals surface area contributed by atoms with Crippen molar-refractivity contribution in [2.75, 3.05) is 0 Å². The molecule has 1 heterocycles. The maximum absolute atomic E-state index is 2.53. The van der Waals surface area contributed by atoms with Crippen molar-refractivity contribution >= 4 is 11.4 Å². The Bertz CT molecular complexity index is 464. The Morgan fingerprint density at radius 1 is 1.00 bits per heavy atom. The molecule has 1 aliphatic heterocycles. The summed E-state index contributed by atoms with van der Waals surface area (Å²) in [6.45, 7) is 13.9. The van der Waals surface area contributed by atoms with E-state index in [-0.39, 0.29) is 5.41 Å². The second-order valence-electron chi connectivity index (χ2n) is 6.15. The molecule has 0 amide bonds. The fraction of sp³-hybridized carbons (Fsp3) is 0.562. The third kappa shape index (κ3) is 1.72. The van der Waals surface area contributed by atoms with Crippen LogP contribution in [-0.2, 0) is 5.41 Å².